The van der Waals surface area contributed by atoms with Crippen molar-refractivity contribution in [3.05, 3.63) is 34.7 Å². The van der Waals surface area contributed by atoms with E-state index in [2.05, 4.69) is 23.1 Å². The molecule has 1 aromatic rings. The zero-order valence-electron chi connectivity index (χ0n) is 12.9. The number of nitrogens with zero attached hydrogens (tertiary/aromatic N) is 1. The molecular formula is C15H21N3O4S. The molecule has 0 radical (unpaired) electrons. The van der Waals surface area contributed by atoms with Crippen LogP contribution in [0.25, 0.3) is 0 Å². The lowest BCUT2D eigenvalue weighted by Crippen LogP contribution is -2.40. The molecule has 126 valence electrons. The van der Waals surface area contributed by atoms with Crippen LogP contribution in [0, 0.1) is 4.91 Å². The average molecular weight is 339 g/mol. The van der Waals surface area contributed by atoms with Crippen molar-refractivity contribution in [3.63, 3.8) is 0 Å². The van der Waals surface area contributed by atoms with E-state index in [1.165, 1.54) is 13.0 Å². The number of anilines is 1. The second-order valence-electron chi connectivity index (χ2n) is 5.25. The van der Waals surface area contributed by atoms with Crippen LogP contribution in [0.4, 0.5) is 5.69 Å². The van der Waals surface area contributed by atoms with Crippen LogP contribution in [0.2, 0.25) is 0 Å². The summed E-state index contributed by atoms with van der Waals surface area (Å²) in [4.78, 5) is 35.2. The van der Waals surface area contributed by atoms with Gasteiger partial charge in [-0.3, -0.25) is 9.59 Å². The molecule has 0 spiro atoms. The molecule has 4 N–H and O–H groups in total. The highest BCUT2D eigenvalue weighted by Gasteiger charge is 2.40. The third kappa shape index (κ3) is 4.52. The SMILES string of the molecule is CC(Nc1ccccc1C(=O)C(CS)(CCCN)N=O)C(=O)O. The van der Waals surface area contributed by atoms with Crippen LogP contribution in [0.3, 0.4) is 0 Å². The van der Waals surface area contributed by atoms with Crippen molar-refractivity contribution in [3.8, 4) is 0 Å². The first-order chi connectivity index (χ1) is 10.9. The largest absolute Gasteiger partial charge is 0.480 e. The normalized spacial score (nSPS) is 14.6. The molecule has 0 heterocycles. The summed E-state index contributed by atoms with van der Waals surface area (Å²) in [6.45, 7) is 1.79. The van der Waals surface area contributed by atoms with Crippen LogP contribution in [-0.4, -0.2) is 40.7 Å². The molecule has 7 nitrogen and oxygen atoms in total. The molecule has 0 saturated heterocycles. The molecule has 0 fully saturated rings. The average Bonchev–Trinajstić information content (AvgIpc) is 2.56. The van der Waals surface area contributed by atoms with E-state index in [0.717, 1.165) is 0 Å². The number of ketones is 1. The highest BCUT2D eigenvalue weighted by Crippen LogP contribution is 2.29. The van der Waals surface area contributed by atoms with Crippen LogP contribution in [0.15, 0.2) is 29.4 Å². The van der Waals surface area contributed by atoms with Crippen LogP contribution in [-0.2, 0) is 4.79 Å². The smallest absolute Gasteiger partial charge is 0.325 e. The Bertz CT molecular complexity index is 582. The fourth-order valence-electron chi connectivity index (χ4n) is 2.13. The predicted molar refractivity (Wildman–Crippen MR) is 92.2 cm³/mol. The Labute approximate surface area is 140 Å². The molecule has 0 amide bonds. The third-order valence-electron chi connectivity index (χ3n) is 3.57. The zero-order valence-corrected chi connectivity index (χ0v) is 13.8. The number of nitrogens with one attached hydrogen (secondary N) is 1. The summed E-state index contributed by atoms with van der Waals surface area (Å²) in [7, 11) is 0. The summed E-state index contributed by atoms with van der Waals surface area (Å²) in [5.74, 6) is -1.58. The second kappa shape index (κ2) is 8.64. The molecule has 2 atom stereocenters. The number of nitrogens with two attached hydrogens (primary N) is 1. The maximum Gasteiger partial charge on any atom is 0.325 e. The molecule has 0 aliphatic heterocycles. The Balaban J connectivity index is 3.20. The van der Waals surface area contributed by atoms with Crippen LogP contribution >= 0.6 is 12.6 Å². The van der Waals surface area contributed by atoms with Gasteiger partial charge in [0.2, 0.25) is 0 Å². The van der Waals surface area contributed by atoms with E-state index >= 15 is 0 Å². The van der Waals surface area contributed by atoms with Crippen LogP contribution in [0.1, 0.15) is 30.1 Å². The molecule has 0 aliphatic carbocycles. The van der Waals surface area contributed by atoms with E-state index in [9.17, 15) is 14.5 Å². The summed E-state index contributed by atoms with van der Waals surface area (Å²) in [6.07, 6.45) is 0.650. The quantitative estimate of drug-likeness (QED) is 0.293. The topological polar surface area (TPSA) is 122 Å². The zero-order chi connectivity index (χ0) is 17.5. The Morgan fingerprint density at radius 3 is 2.61 bits per heavy atom. The van der Waals surface area contributed by atoms with E-state index in [4.69, 9.17) is 10.8 Å². The lowest BCUT2D eigenvalue weighted by molar-refractivity contribution is -0.137. The van der Waals surface area contributed by atoms with Crippen molar-refractivity contribution < 1.29 is 14.7 Å². The minimum absolute atomic E-state index is 0.0435. The van der Waals surface area contributed by atoms with E-state index in [1.54, 1.807) is 18.2 Å². The Morgan fingerprint density at radius 2 is 2.09 bits per heavy atom. The molecule has 2 unspecified atom stereocenters. The Morgan fingerprint density at radius 1 is 1.43 bits per heavy atom. The van der Waals surface area contributed by atoms with Gasteiger partial charge in [-0.1, -0.05) is 17.3 Å². The highest BCUT2D eigenvalue weighted by molar-refractivity contribution is 7.80. The van der Waals surface area contributed by atoms with E-state index < -0.39 is 23.3 Å². The first-order valence-corrected chi connectivity index (χ1v) is 7.83. The van der Waals surface area contributed by atoms with Gasteiger partial charge in [-0.2, -0.15) is 12.6 Å². The first-order valence-electron chi connectivity index (χ1n) is 7.20. The first kappa shape index (κ1) is 19.1. The van der Waals surface area contributed by atoms with Gasteiger partial charge in [0.25, 0.3) is 0 Å². The van der Waals surface area contributed by atoms with Gasteiger partial charge < -0.3 is 16.2 Å². The standard InChI is InChI=1S/C15H21N3O4S/c1-10(14(20)21)17-12-6-3-2-5-11(12)13(19)15(9-23,18-22)7-4-8-16/h2-3,5-6,10,17,23H,4,7-9,16H2,1H3,(H,20,21). The lowest BCUT2D eigenvalue weighted by atomic mass is 9.86. The predicted octanol–water partition coefficient (Wildman–Crippen LogP) is 1.93. The molecule has 1 rings (SSSR count). The van der Waals surface area contributed by atoms with Crippen molar-refractivity contribution in [2.45, 2.75) is 31.3 Å². The molecule has 1 aromatic carbocycles. The third-order valence-corrected chi connectivity index (χ3v) is 4.09. The molecule has 8 heteroatoms. The van der Waals surface area contributed by atoms with Crippen molar-refractivity contribution >= 4 is 30.1 Å². The number of benzene rings is 1. The van der Waals surface area contributed by atoms with Gasteiger partial charge >= 0.3 is 5.97 Å². The fraction of sp³-hybridized carbons (Fsp3) is 0.467. The van der Waals surface area contributed by atoms with Gasteiger partial charge in [0.15, 0.2) is 11.3 Å². The van der Waals surface area contributed by atoms with Gasteiger partial charge in [0.1, 0.15) is 6.04 Å². The highest BCUT2D eigenvalue weighted by atomic mass is 32.1. The molecule has 0 aliphatic rings. The van der Waals surface area contributed by atoms with Crippen molar-refractivity contribution in [1.82, 2.24) is 0 Å². The van der Waals surface area contributed by atoms with E-state index in [0.29, 0.717) is 18.7 Å². The maximum absolute atomic E-state index is 12.8. The summed E-state index contributed by atoms with van der Waals surface area (Å²) < 4.78 is 0. The summed E-state index contributed by atoms with van der Waals surface area (Å²) in [6, 6.07) is 5.54. The minimum atomic E-state index is -1.51. The lowest BCUT2D eigenvalue weighted by Gasteiger charge is -2.24. The van der Waals surface area contributed by atoms with Crippen LogP contribution < -0.4 is 11.1 Å². The second-order valence-corrected chi connectivity index (χ2v) is 5.57. The number of carboxylic acids is 1. The molecule has 0 aromatic heterocycles. The number of aliphatic carboxylic acids is 1. The van der Waals surface area contributed by atoms with Gasteiger partial charge in [0, 0.05) is 17.0 Å². The van der Waals surface area contributed by atoms with Crippen LogP contribution in [0.5, 0.6) is 0 Å². The Hall–Kier alpha value is -1.93. The minimum Gasteiger partial charge on any atom is -0.480 e. The molecule has 0 saturated carbocycles. The monoisotopic (exact) mass is 339 g/mol. The molecule has 23 heavy (non-hydrogen) atoms. The fourth-order valence-corrected chi connectivity index (χ4v) is 2.49. The van der Waals surface area contributed by atoms with Gasteiger partial charge in [0.05, 0.1) is 0 Å². The Kier molecular flexibility index (Phi) is 7.18. The van der Waals surface area contributed by atoms with E-state index in [-0.39, 0.29) is 17.7 Å². The van der Waals surface area contributed by atoms with Gasteiger partial charge in [-0.05, 0) is 38.4 Å². The summed E-state index contributed by atoms with van der Waals surface area (Å²) in [5, 5.41) is 14.8. The molecular weight excluding hydrogens is 318 g/mol. The van der Waals surface area contributed by atoms with Gasteiger partial charge in [-0.15, -0.1) is 4.91 Å². The summed E-state index contributed by atoms with van der Waals surface area (Å²) >= 11 is 4.11. The van der Waals surface area contributed by atoms with E-state index in [1.807, 2.05) is 0 Å². The van der Waals surface area contributed by atoms with Crippen molar-refractivity contribution in [2.24, 2.45) is 10.9 Å². The van der Waals surface area contributed by atoms with Crippen molar-refractivity contribution in [2.75, 3.05) is 17.6 Å². The number of carbonyl (C=O) groups is 2. The maximum atomic E-state index is 12.8. The number of para-hydroxylation sites is 1. The molecule has 0 bridgehead atoms. The number of carbonyl (C=O) groups excluding carboxylic acids is 1. The van der Waals surface area contributed by atoms with Gasteiger partial charge in [-0.25, -0.2) is 0 Å². The number of carboxylic acid groups (broad SMARTS) is 1. The number of hydrogen-bond donors (Lipinski definition) is 4. The number of thiol groups is 1. The van der Waals surface area contributed by atoms with Crippen molar-refractivity contribution in [1.29, 1.82) is 0 Å². The number of nitroso groups, excluding NO2 is 1. The number of rotatable bonds is 10. The number of hydrogen-bond acceptors (Lipinski definition) is 7. The number of Topliss-reactive ketones (excluding diaryl/α,β-unsaturated/α-hetero) is 1. The summed E-state index contributed by atoms with van der Waals surface area (Å²) in [5.41, 5.74) is 4.50.